The molecule has 2 N–H and O–H groups in total. The third-order valence-corrected chi connectivity index (χ3v) is 6.70. The molecule has 1 aliphatic heterocycles. The van der Waals surface area contributed by atoms with E-state index in [1.807, 2.05) is 0 Å². The fourth-order valence-corrected chi connectivity index (χ4v) is 4.67. The lowest BCUT2D eigenvalue weighted by molar-refractivity contribution is -0.113. The molecule has 1 aliphatic rings. The van der Waals surface area contributed by atoms with Gasteiger partial charge in [-0.1, -0.05) is 41.1 Å². The van der Waals surface area contributed by atoms with E-state index in [0.717, 1.165) is 31.0 Å². The minimum Gasteiger partial charge on any atom is -0.378 e. The molecule has 0 aliphatic carbocycles. The molecule has 2 heterocycles. The maximum Gasteiger partial charge on any atom is 0.234 e. The van der Waals surface area contributed by atoms with Crippen LogP contribution in [-0.4, -0.2) is 39.1 Å². The van der Waals surface area contributed by atoms with Crippen molar-refractivity contribution >= 4 is 40.6 Å². The maximum absolute atomic E-state index is 12.4. The number of benzene rings is 2. The van der Waals surface area contributed by atoms with Gasteiger partial charge in [0.05, 0.1) is 24.9 Å². The van der Waals surface area contributed by atoms with Crippen molar-refractivity contribution in [2.75, 3.05) is 23.0 Å². The highest BCUT2D eigenvalue weighted by atomic mass is 35.5. The number of amides is 1. The lowest BCUT2D eigenvalue weighted by Crippen LogP contribution is -2.20. The van der Waals surface area contributed by atoms with Crippen LogP contribution in [0.2, 0.25) is 5.02 Å². The van der Waals surface area contributed by atoms with Crippen molar-refractivity contribution < 1.29 is 9.53 Å². The highest BCUT2D eigenvalue weighted by Gasteiger charge is 2.21. The standard InChI is InChI=1S/C24H28ClN5O2S/c1-16-5-10-21(17(2)12-16)26-13-22-28-29-24(30(22)14-20-4-3-11-32-20)33-15-23(31)27-19-8-6-18(25)7-9-19/h5-10,12,20,26H,3-4,11,13-15H2,1-2H3,(H,27,31)/t20-/m0/s1. The molecule has 1 aromatic heterocycles. The van der Waals surface area contributed by atoms with Gasteiger partial charge in [-0.15, -0.1) is 10.2 Å². The summed E-state index contributed by atoms with van der Waals surface area (Å²) in [6.45, 7) is 6.18. The van der Waals surface area contributed by atoms with Gasteiger partial charge in [0, 0.05) is 23.0 Å². The van der Waals surface area contributed by atoms with Gasteiger partial charge in [-0.3, -0.25) is 4.79 Å². The summed E-state index contributed by atoms with van der Waals surface area (Å²) in [7, 11) is 0. The van der Waals surface area contributed by atoms with Gasteiger partial charge in [0.1, 0.15) is 0 Å². The molecule has 1 fully saturated rings. The van der Waals surface area contributed by atoms with Crippen LogP contribution < -0.4 is 10.6 Å². The Kier molecular flexibility index (Phi) is 7.90. The van der Waals surface area contributed by atoms with Crippen molar-refractivity contribution in [3.8, 4) is 0 Å². The summed E-state index contributed by atoms with van der Waals surface area (Å²) >= 11 is 7.29. The predicted molar refractivity (Wildman–Crippen MR) is 133 cm³/mol. The van der Waals surface area contributed by atoms with Crippen LogP contribution in [0.4, 0.5) is 11.4 Å². The lowest BCUT2D eigenvalue weighted by Gasteiger charge is -2.16. The van der Waals surface area contributed by atoms with Gasteiger partial charge in [0.25, 0.3) is 0 Å². The zero-order valence-electron chi connectivity index (χ0n) is 18.8. The zero-order valence-corrected chi connectivity index (χ0v) is 20.4. The Hall–Kier alpha value is -2.55. The summed E-state index contributed by atoms with van der Waals surface area (Å²) in [6, 6.07) is 13.4. The minimum atomic E-state index is -0.107. The fourth-order valence-electron chi connectivity index (χ4n) is 3.78. The number of carbonyl (C=O) groups excluding carboxylic acids is 1. The normalized spacial score (nSPS) is 15.5. The number of nitrogens with one attached hydrogen (secondary N) is 2. The van der Waals surface area contributed by atoms with Crippen LogP contribution >= 0.6 is 23.4 Å². The Morgan fingerprint density at radius 3 is 2.76 bits per heavy atom. The van der Waals surface area contributed by atoms with Crippen LogP contribution in [0.5, 0.6) is 0 Å². The Labute approximate surface area is 203 Å². The first-order valence-electron chi connectivity index (χ1n) is 11.0. The van der Waals surface area contributed by atoms with Gasteiger partial charge in [-0.05, 0) is 62.6 Å². The Balaban J connectivity index is 1.43. The van der Waals surface area contributed by atoms with Gasteiger partial charge in [0.2, 0.25) is 5.91 Å². The monoisotopic (exact) mass is 485 g/mol. The average molecular weight is 486 g/mol. The van der Waals surface area contributed by atoms with Crippen molar-refractivity contribution in [1.29, 1.82) is 0 Å². The fraction of sp³-hybridized carbons (Fsp3) is 0.375. The topological polar surface area (TPSA) is 81.1 Å². The van der Waals surface area contributed by atoms with E-state index in [0.29, 0.717) is 29.0 Å². The van der Waals surface area contributed by atoms with E-state index in [-0.39, 0.29) is 17.8 Å². The first kappa shape index (κ1) is 23.6. The second-order valence-corrected chi connectivity index (χ2v) is 9.54. The minimum absolute atomic E-state index is 0.107. The molecule has 9 heteroatoms. The van der Waals surface area contributed by atoms with Crippen molar-refractivity contribution in [3.63, 3.8) is 0 Å². The summed E-state index contributed by atoms with van der Waals surface area (Å²) in [4.78, 5) is 12.4. The summed E-state index contributed by atoms with van der Waals surface area (Å²) in [5.74, 6) is 0.951. The summed E-state index contributed by atoms with van der Waals surface area (Å²) in [6.07, 6.45) is 2.22. The zero-order chi connectivity index (χ0) is 23.2. The SMILES string of the molecule is Cc1ccc(NCc2nnc(SCC(=O)Nc3ccc(Cl)cc3)n2C[C@@H]2CCCO2)c(C)c1. The number of aromatic nitrogens is 3. The van der Waals surface area contributed by atoms with Crippen LogP contribution in [0.3, 0.4) is 0 Å². The molecule has 3 aromatic rings. The van der Waals surface area contributed by atoms with Crippen LogP contribution in [0.25, 0.3) is 0 Å². The molecule has 0 spiro atoms. The smallest absolute Gasteiger partial charge is 0.234 e. The van der Waals surface area contributed by atoms with Gasteiger partial charge in [-0.2, -0.15) is 0 Å². The highest BCUT2D eigenvalue weighted by molar-refractivity contribution is 7.99. The van der Waals surface area contributed by atoms with Crippen molar-refractivity contribution in [1.82, 2.24) is 14.8 Å². The second kappa shape index (κ2) is 11.0. The number of hydrogen-bond acceptors (Lipinski definition) is 6. The quantitative estimate of drug-likeness (QED) is 0.412. The van der Waals surface area contributed by atoms with Crippen LogP contribution in [0.15, 0.2) is 47.6 Å². The van der Waals surface area contributed by atoms with Crippen molar-refractivity contribution in [2.45, 2.75) is 51.0 Å². The van der Waals surface area contributed by atoms with Gasteiger partial charge in [0.15, 0.2) is 11.0 Å². The van der Waals surface area contributed by atoms with E-state index in [9.17, 15) is 4.79 Å². The van der Waals surface area contributed by atoms with E-state index in [2.05, 4.69) is 57.4 Å². The Morgan fingerprint density at radius 2 is 2.03 bits per heavy atom. The largest absolute Gasteiger partial charge is 0.378 e. The number of nitrogens with zero attached hydrogens (tertiary/aromatic N) is 3. The number of aryl methyl sites for hydroxylation is 2. The van der Waals surface area contributed by atoms with E-state index in [1.165, 1.54) is 22.9 Å². The maximum atomic E-state index is 12.4. The summed E-state index contributed by atoms with van der Waals surface area (Å²) < 4.78 is 7.93. The van der Waals surface area contributed by atoms with E-state index in [1.54, 1.807) is 24.3 Å². The van der Waals surface area contributed by atoms with Gasteiger partial charge >= 0.3 is 0 Å². The number of hydrogen-bond donors (Lipinski definition) is 2. The summed E-state index contributed by atoms with van der Waals surface area (Å²) in [5, 5.41) is 16.5. The number of anilines is 2. The average Bonchev–Trinajstić information content (AvgIpc) is 3.44. The predicted octanol–water partition coefficient (Wildman–Crippen LogP) is 5.07. The Bertz CT molecular complexity index is 1100. The number of halogens is 1. The molecule has 33 heavy (non-hydrogen) atoms. The third-order valence-electron chi connectivity index (χ3n) is 5.48. The van der Waals surface area contributed by atoms with Gasteiger partial charge < -0.3 is 19.9 Å². The van der Waals surface area contributed by atoms with Crippen molar-refractivity contribution in [2.24, 2.45) is 0 Å². The molecular formula is C24H28ClN5O2S. The molecule has 0 saturated carbocycles. The second-order valence-electron chi connectivity index (χ2n) is 8.16. The number of carbonyl (C=O) groups is 1. The van der Waals surface area contributed by atoms with Crippen LogP contribution in [0, 0.1) is 13.8 Å². The molecule has 1 atom stereocenters. The molecule has 0 radical (unpaired) electrons. The Morgan fingerprint density at radius 1 is 1.21 bits per heavy atom. The molecule has 1 amide bonds. The van der Waals surface area contributed by atoms with Gasteiger partial charge in [-0.25, -0.2) is 0 Å². The van der Waals surface area contributed by atoms with E-state index >= 15 is 0 Å². The third kappa shape index (κ3) is 6.50. The molecule has 0 bridgehead atoms. The van der Waals surface area contributed by atoms with Crippen LogP contribution in [-0.2, 0) is 22.6 Å². The first-order chi connectivity index (χ1) is 16.0. The first-order valence-corrected chi connectivity index (χ1v) is 12.4. The molecule has 174 valence electrons. The molecule has 0 unspecified atom stereocenters. The lowest BCUT2D eigenvalue weighted by atomic mass is 10.1. The number of thioether (sulfide) groups is 1. The van der Waals surface area contributed by atoms with E-state index < -0.39 is 0 Å². The molecule has 4 rings (SSSR count). The van der Waals surface area contributed by atoms with Crippen molar-refractivity contribution in [3.05, 3.63) is 64.4 Å². The highest BCUT2D eigenvalue weighted by Crippen LogP contribution is 2.23. The van der Waals surface area contributed by atoms with E-state index in [4.69, 9.17) is 16.3 Å². The molecule has 2 aromatic carbocycles. The van der Waals surface area contributed by atoms with Crippen LogP contribution in [0.1, 0.15) is 29.8 Å². The number of rotatable bonds is 9. The summed E-state index contributed by atoms with van der Waals surface area (Å²) in [5.41, 5.74) is 4.21. The molecule has 7 nitrogen and oxygen atoms in total. The number of ether oxygens (including phenoxy) is 1. The molecular weight excluding hydrogens is 458 g/mol. The molecule has 1 saturated heterocycles.